The summed E-state index contributed by atoms with van der Waals surface area (Å²) in [7, 11) is -0.385. The monoisotopic (exact) mass is 312 g/mol. The highest BCUT2D eigenvalue weighted by Gasteiger charge is 2.51. The SMILES string of the molecule is CC1(C)OB(c2ccc3ccc(OCC=O)cc3c2)OC1(C)C. The second kappa shape index (κ2) is 5.66. The Hall–Kier alpha value is -1.85. The van der Waals surface area contributed by atoms with Crippen LogP contribution in [0.3, 0.4) is 0 Å². The van der Waals surface area contributed by atoms with Gasteiger partial charge in [-0.1, -0.05) is 24.3 Å². The number of hydrogen-bond acceptors (Lipinski definition) is 4. The van der Waals surface area contributed by atoms with E-state index in [1.54, 1.807) is 0 Å². The van der Waals surface area contributed by atoms with Crippen LogP contribution in [-0.2, 0) is 14.1 Å². The van der Waals surface area contributed by atoms with Crippen LogP contribution in [0.4, 0.5) is 0 Å². The van der Waals surface area contributed by atoms with Crippen molar-refractivity contribution in [2.24, 2.45) is 0 Å². The van der Waals surface area contributed by atoms with Gasteiger partial charge in [0.1, 0.15) is 12.4 Å². The van der Waals surface area contributed by atoms with Crippen molar-refractivity contribution in [1.29, 1.82) is 0 Å². The predicted molar refractivity (Wildman–Crippen MR) is 91.2 cm³/mol. The van der Waals surface area contributed by atoms with Crippen LogP contribution in [0.5, 0.6) is 5.75 Å². The molecule has 0 radical (unpaired) electrons. The first-order chi connectivity index (χ1) is 10.8. The number of carbonyl (C=O) groups excluding carboxylic acids is 1. The molecule has 120 valence electrons. The van der Waals surface area contributed by atoms with Crippen molar-refractivity contribution in [1.82, 2.24) is 0 Å². The van der Waals surface area contributed by atoms with E-state index >= 15 is 0 Å². The number of ether oxygens (including phenoxy) is 1. The zero-order chi connectivity index (χ0) is 16.7. The number of hydrogen-bond donors (Lipinski definition) is 0. The van der Waals surface area contributed by atoms with Gasteiger partial charge in [-0.05, 0) is 56.1 Å². The van der Waals surface area contributed by atoms with Crippen LogP contribution in [-0.4, -0.2) is 31.2 Å². The zero-order valence-electron chi connectivity index (χ0n) is 14.0. The van der Waals surface area contributed by atoms with Crippen LogP contribution in [0.15, 0.2) is 36.4 Å². The smallest absolute Gasteiger partial charge is 0.486 e. The van der Waals surface area contributed by atoms with Gasteiger partial charge in [0.2, 0.25) is 0 Å². The Morgan fingerprint density at radius 2 is 1.65 bits per heavy atom. The molecule has 1 heterocycles. The first-order valence-electron chi connectivity index (χ1n) is 7.78. The van der Waals surface area contributed by atoms with Crippen LogP contribution >= 0.6 is 0 Å². The molecule has 0 atom stereocenters. The lowest BCUT2D eigenvalue weighted by atomic mass is 9.78. The fourth-order valence-corrected chi connectivity index (χ4v) is 2.59. The molecule has 2 aromatic carbocycles. The molecule has 1 aliphatic rings. The van der Waals surface area contributed by atoms with Crippen LogP contribution < -0.4 is 10.2 Å². The predicted octanol–water partition coefficient (Wildman–Crippen LogP) is 2.72. The molecule has 1 aliphatic heterocycles. The molecule has 1 saturated heterocycles. The standard InChI is InChI=1S/C18H21BO4/c1-17(2)18(3,4)23-19(22-17)15-7-5-13-6-8-16(21-10-9-20)12-14(13)11-15/h5-9,11-12H,10H2,1-4H3. The molecule has 23 heavy (non-hydrogen) atoms. The summed E-state index contributed by atoms with van der Waals surface area (Å²) in [6.07, 6.45) is 0.741. The average molecular weight is 312 g/mol. The van der Waals surface area contributed by atoms with Crippen LogP contribution in [0.25, 0.3) is 10.8 Å². The fraction of sp³-hybridized carbons (Fsp3) is 0.389. The van der Waals surface area contributed by atoms with E-state index in [0.717, 1.165) is 22.5 Å². The quantitative estimate of drug-likeness (QED) is 0.643. The van der Waals surface area contributed by atoms with Crippen molar-refractivity contribution >= 4 is 29.6 Å². The van der Waals surface area contributed by atoms with E-state index in [-0.39, 0.29) is 24.9 Å². The minimum Gasteiger partial charge on any atom is -0.486 e. The van der Waals surface area contributed by atoms with E-state index in [4.69, 9.17) is 14.0 Å². The molecule has 4 nitrogen and oxygen atoms in total. The highest BCUT2D eigenvalue weighted by Crippen LogP contribution is 2.36. The molecule has 0 amide bonds. The lowest BCUT2D eigenvalue weighted by Crippen LogP contribution is -2.41. The lowest BCUT2D eigenvalue weighted by molar-refractivity contribution is -0.109. The van der Waals surface area contributed by atoms with E-state index in [9.17, 15) is 4.79 Å². The summed E-state index contributed by atoms with van der Waals surface area (Å²) in [6.45, 7) is 8.22. The molecule has 0 saturated carbocycles. The molecule has 0 N–H and O–H groups in total. The fourth-order valence-electron chi connectivity index (χ4n) is 2.59. The largest absolute Gasteiger partial charge is 0.494 e. The van der Waals surface area contributed by atoms with E-state index in [1.165, 1.54) is 0 Å². The topological polar surface area (TPSA) is 44.8 Å². The summed E-state index contributed by atoms with van der Waals surface area (Å²) in [4.78, 5) is 10.4. The molecule has 0 aliphatic carbocycles. The van der Waals surface area contributed by atoms with Gasteiger partial charge in [-0.3, -0.25) is 4.79 Å². The Balaban J connectivity index is 1.92. The van der Waals surface area contributed by atoms with Gasteiger partial charge in [-0.2, -0.15) is 0 Å². The minimum atomic E-state index is -0.385. The summed E-state index contributed by atoms with van der Waals surface area (Å²) in [5.41, 5.74) is 0.256. The molecule has 0 bridgehead atoms. The number of carbonyl (C=O) groups is 1. The van der Waals surface area contributed by atoms with Crippen LogP contribution in [0, 0.1) is 0 Å². The third-order valence-electron chi connectivity index (χ3n) is 4.68. The van der Waals surface area contributed by atoms with Crippen molar-refractivity contribution in [3.05, 3.63) is 36.4 Å². The van der Waals surface area contributed by atoms with Crippen molar-refractivity contribution in [3.8, 4) is 5.75 Å². The number of benzene rings is 2. The van der Waals surface area contributed by atoms with Gasteiger partial charge in [0.05, 0.1) is 11.2 Å². The maximum absolute atomic E-state index is 10.4. The molecule has 5 heteroatoms. The summed E-state index contributed by atoms with van der Waals surface area (Å²) in [6, 6.07) is 11.9. The van der Waals surface area contributed by atoms with Gasteiger partial charge in [-0.15, -0.1) is 0 Å². The minimum absolute atomic E-state index is 0.0580. The average Bonchev–Trinajstić information content (AvgIpc) is 2.72. The highest BCUT2D eigenvalue weighted by atomic mass is 16.7. The molecule has 0 unspecified atom stereocenters. The van der Waals surface area contributed by atoms with Crippen molar-refractivity contribution < 1.29 is 18.8 Å². The summed E-state index contributed by atoms with van der Waals surface area (Å²) >= 11 is 0. The van der Waals surface area contributed by atoms with Gasteiger partial charge < -0.3 is 14.0 Å². The molecule has 1 fully saturated rings. The molecule has 0 aromatic heterocycles. The highest BCUT2D eigenvalue weighted by molar-refractivity contribution is 6.62. The second-order valence-electron chi connectivity index (χ2n) is 6.83. The Kier molecular flexibility index (Phi) is 3.94. The number of rotatable bonds is 4. The van der Waals surface area contributed by atoms with E-state index < -0.39 is 0 Å². The van der Waals surface area contributed by atoms with Crippen molar-refractivity contribution in [2.75, 3.05) is 6.61 Å². The van der Waals surface area contributed by atoms with Crippen molar-refractivity contribution in [3.63, 3.8) is 0 Å². The zero-order valence-corrected chi connectivity index (χ0v) is 14.0. The van der Waals surface area contributed by atoms with Gasteiger partial charge in [0, 0.05) is 0 Å². The van der Waals surface area contributed by atoms with Gasteiger partial charge in [0.15, 0.2) is 6.29 Å². The number of fused-ring (bicyclic) bond motifs is 1. The lowest BCUT2D eigenvalue weighted by Gasteiger charge is -2.32. The molecule has 2 aromatic rings. The van der Waals surface area contributed by atoms with Gasteiger partial charge in [-0.25, -0.2) is 0 Å². The molecular formula is C18H21BO4. The maximum atomic E-state index is 10.4. The molecule has 3 rings (SSSR count). The maximum Gasteiger partial charge on any atom is 0.494 e. The van der Waals surface area contributed by atoms with E-state index in [2.05, 4.69) is 0 Å². The molecule has 0 spiro atoms. The Bertz CT molecular complexity index is 723. The van der Waals surface area contributed by atoms with Crippen LogP contribution in [0.1, 0.15) is 27.7 Å². The van der Waals surface area contributed by atoms with E-state index in [1.807, 2.05) is 64.1 Å². The van der Waals surface area contributed by atoms with E-state index in [0.29, 0.717) is 5.75 Å². The Morgan fingerprint density at radius 1 is 1.00 bits per heavy atom. The van der Waals surface area contributed by atoms with Gasteiger partial charge in [0.25, 0.3) is 0 Å². The summed E-state index contributed by atoms with van der Waals surface area (Å²) < 4.78 is 17.6. The first-order valence-corrected chi connectivity index (χ1v) is 7.78. The number of aldehydes is 1. The molecular weight excluding hydrogens is 291 g/mol. The second-order valence-corrected chi connectivity index (χ2v) is 6.83. The Morgan fingerprint density at radius 3 is 2.30 bits per heavy atom. The summed E-state index contributed by atoms with van der Waals surface area (Å²) in [5, 5.41) is 2.13. The normalized spacial score (nSPS) is 19.0. The van der Waals surface area contributed by atoms with Crippen molar-refractivity contribution in [2.45, 2.75) is 38.9 Å². The third kappa shape index (κ3) is 2.99. The Labute approximate surface area is 136 Å². The summed E-state index contributed by atoms with van der Waals surface area (Å²) in [5.74, 6) is 0.677. The third-order valence-corrected chi connectivity index (χ3v) is 4.68. The van der Waals surface area contributed by atoms with Crippen LogP contribution in [0.2, 0.25) is 0 Å². The van der Waals surface area contributed by atoms with Gasteiger partial charge >= 0.3 is 7.12 Å². The first kappa shape index (κ1) is 16.0.